The Morgan fingerprint density at radius 1 is 0.824 bits per heavy atom. The van der Waals surface area contributed by atoms with Gasteiger partial charge >= 0.3 is 0 Å². The van der Waals surface area contributed by atoms with E-state index in [2.05, 4.69) is 12.2 Å². The lowest BCUT2D eigenvalue weighted by Crippen LogP contribution is -2.51. The summed E-state index contributed by atoms with van der Waals surface area (Å²) in [6.45, 7) is 7.18. The number of unbranched alkanes of at least 4 members (excludes halogenated alkanes) is 1. The predicted octanol–water partition coefficient (Wildman–Crippen LogP) is 5.40. The zero-order valence-corrected chi connectivity index (χ0v) is 20.6. The largest absolute Gasteiger partial charge is 0.354 e. The molecule has 1 atom stereocenters. The molecule has 0 aliphatic carbocycles. The summed E-state index contributed by atoms with van der Waals surface area (Å²) >= 11 is 0. The molecule has 1 unspecified atom stereocenters. The van der Waals surface area contributed by atoms with Crippen molar-refractivity contribution in [1.29, 1.82) is 0 Å². The van der Waals surface area contributed by atoms with Gasteiger partial charge in [-0.1, -0.05) is 103 Å². The molecule has 3 aromatic carbocycles. The third-order valence-corrected chi connectivity index (χ3v) is 6.01. The van der Waals surface area contributed by atoms with E-state index in [4.69, 9.17) is 0 Å². The highest BCUT2D eigenvalue weighted by Crippen LogP contribution is 2.17. The van der Waals surface area contributed by atoms with E-state index in [1.165, 1.54) is 5.56 Å². The fourth-order valence-corrected chi connectivity index (χ4v) is 4.05. The van der Waals surface area contributed by atoms with Crippen molar-refractivity contribution in [3.8, 4) is 0 Å². The van der Waals surface area contributed by atoms with Gasteiger partial charge in [-0.25, -0.2) is 0 Å². The first-order valence-corrected chi connectivity index (χ1v) is 12.2. The summed E-state index contributed by atoms with van der Waals surface area (Å²) in [6.07, 6.45) is 2.66. The zero-order chi connectivity index (χ0) is 24.3. The first kappa shape index (κ1) is 25.2. The van der Waals surface area contributed by atoms with E-state index in [1.54, 1.807) is 4.90 Å². The summed E-state index contributed by atoms with van der Waals surface area (Å²) in [5.74, 6) is -0.139. The number of nitrogens with one attached hydrogen (secondary N) is 1. The van der Waals surface area contributed by atoms with Gasteiger partial charge in [-0.2, -0.15) is 0 Å². The van der Waals surface area contributed by atoms with Gasteiger partial charge in [-0.3, -0.25) is 9.59 Å². The number of carbonyl (C=O) groups excluding carboxylic acids is 2. The Hall–Kier alpha value is -3.40. The first-order chi connectivity index (χ1) is 16.5. The van der Waals surface area contributed by atoms with Gasteiger partial charge in [0.1, 0.15) is 6.04 Å². The summed E-state index contributed by atoms with van der Waals surface area (Å²) in [5.41, 5.74) is 5.30. The highest BCUT2D eigenvalue weighted by Gasteiger charge is 2.30. The molecule has 3 aromatic rings. The van der Waals surface area contributed by atoms with Crippen LogP contribution < -0.4 is 5.32 Å². The van der Waals surface area contributed by atoms with E-state index >= 15 is 0 Å². The van der Waals surface area contributed by atoms with Crippen LogP contribution in [0.25, 0.3) is 0 Å². The molecule has 0 heterocycles. The van der Waals surface area contributed by atoms with E-state index in [-0.39, 0.29) is 18.2 Å². The van der Waals surface area contributed by atoms with Crippen molar-refractivity contribution in [2.75, 3.05) is 6.54 Å². The van der Waals surface area contributed by atoms with Crippen LogP contribution in [0.1, 0.15) is 47.6 Å². The van der Waals surface area contributed by atoms with E-state index in [1.807, 2.05) is 92.7 Å². The van der Waals surface area contributed by atoms with E-state index in [9.17, 15) is 9.59 Å². The molecule has 0 aromatic heterocycles. The fraction of sp³-hybridized carbons (Fsp3) is 0.333. The summed E-state index contributed by atoms with van der Waals surface area (Å²) in [5, 5.41) is 3.07. The zero-order valence-electron chi connectivity index (χ0n) is 20.6. The maximum Gasteiger partial charge on any atom is 0.243 e. The Morgan fingerprint density at radius 2 is 1.53 bits per heavy atom. The minimum Gasteiger partial charge on any atom is -0.354 e. The molecule has 4 heteroatoms. The number of aryl methyl sites for hydroxylation is 2. The lowest BCUT2D eigenvalue weighted by molar-refractivity contribution is -0.140. The Bertz CT molecular complexity index is 1060. The summed E-state index contributed by atoms with van der Waals surface area (Å²) in [6, 6.07) is 25.5. The topological polar surface area (TPSA) is 49.4 Å². The van der Waals surface area contributed by atoms with Crippen molar-refractivity contribution >= 4 is 11.8 Å². The smallest absolute Gasteiger partial charge is 0.243 e. The van der Waals surface area contributed by atoms with Crippen LogP contribution in [0.5, 0.6) is 0 Å². The highest BCUT2D eigenvalue weighted by atomic mass is 16.2. The van der Waals surface area contributed by atoms with Crippen molar-refractivity contribution in [3.63, 3.8) is 0 Å². The second-order valence-electron chi connectivity index (χ2n) is 9.02. The molecule has 0 aliphatic rings. The summed E-state index contributed by atoms with van der Waals surface area (Å²) in [4.78, 5) is 28.9. The molecule has 0 radical (unpaired) electrons. The molecule has 0 saturated carbocycles. The second-order valence-corrected chi connectivity index (χ2v) is 9.02. The number of rotatable bonds is 11. The third kappa shape index (κ3) is 7.58. The lowest BCUT2D eigenvalue weighted by Gasteiger charge is -2.32. The van der Waals surface area contributed by atoms with Crippen LogP contribution in [-0.2, 0) is 29.0 Å². The van der Waals surface area contributed by atoms with Gasteiger partial charge in [0.25, 0.3) is 0 Å². The average molecular weight is 457 g/mol. The fourth-order valence-electron chi connectivity index (χ4n) is 4.05. The number of amides is 2. The molecule has 1 N–H and O–H groups in total. The Kier molecular flexibility index (Phi) is 9.45. The molecule has 0 fully saturated rings. The number of hydrogen-bond donors (Lipinski definition) is 1. The van der Waals surface area contributed by atoms with Crippen molar-refractivity contribution in [2.45, 2.75) is 59.0 Å². The summed E-state index contributed by atoms with van der Waals surface area (Å²) < 4.78 is 0. The number of hydrogen-bond acceptors (Lipinski definition) is 2. The molecular formula is C30H36N2O2. The van der Waals surface area contributed by atoms with Gasteiger partial charge in [0, 0.05) is 19.5 Å². The van der Waals surface area contributed by atoms with Crippen LogP contribution in [0.4, 0.5) is 0 Å². The molecule has 0 aliphatic heterocycles. The van der Waals surface area contributed by atoms with Crippen LogP contribution in [0, 0.1) is 13.8 Å². The Labute approximate surface area is 204 Å². The Balaban J connectivity index is 1.93. The molecule has 2 amide bonds. The SMILES string of the molecule is CCCCNC(=O)C(Cc1ccccc1)N(Cc1ccc(C)cc1)C(=O)Cc1cccc(C)c1. The van der Waals surface area contributed by atoms with E-state index < -0.39 is 6.04 Å². The quantitative estimate of drug-likeness (QED) is 0.393. The number of nitrogens with zero attached hydrogens (tertiary/aromatic N) is 1. The second kappa shape index (κ2) is 12.7. The number of carbonyl (C=O) groups is 2. The van der Waals surface area contributed by atoms with Gasteiger partial charge in [-0.15, -0.1) is 0 Å². The minimum atomic E-state index is -0.585. The standard InChI is InChI=1S/C30H36N2O2/c1-4-5-18-31-30(34)28(20-25-11-7-6-8-12-25)32(22-26-16-14-23(2)15-17-26)29(33)21-27-13-9-10-24(3)19-27/h6-17,19,28H,4-5,18,20-22H2,1-3H3,(H,31,34). The molecule has 0 spiro atoms. The maximum atomic E-state index is 13.7. The first-order valence-electron chi connectivity index (χ1n) is 12.2. The average Bonchev–Trinajstić information content (AvgIpc) is 2.83. The van der Waals surface area contributed by atoms with Gasteiger partial charge in [0.05, 0.1) is 6.42 Å². The number of benzene rings is 3. The summed E-state index contributed by atoms with van der Waals surface area (Å²) in [7, 11) is 0. The highest BCUT2D eigenvalue weighted by molar-refractivity contribution is 5.88. The van der Waals surface area contributed by atoms with Crippen LogP contribution in [0.3, 0.4) is 0 Å². The Morgan fingerprint density at radius 3 is 2.21 bits per heavy atom. The van der Waals surface area contributed by atoms with Gasteiger partial charge in [-0.05, 0) is 37.0 Å². The molecule has 3 rings (SSSR count). The van der Waals surface area contributed by atoms with Crippen molar-refractivity contribution in [1.82, 2.24) is 10.2 Å². The molecule has 0 bridgehead atoms. The molecule has 34 heavy (non-hydrogen) atoms. The van der Waals surface area contributed by atoms with Gasteiger partial charge in [0.15, 0.2) is 0 Å². The van der Waals surface area contributed by atoms with Crippen molar-refractivity contribution in [3.05, 3.63) is 107 Å². The lowest BCUT2D eigenvalue weighted by atomic mass is 10.0. The van der Waals surface area contributed by atoms with Crippen molar-refractivity contribution in [2.24, 2.45) is 0 Å². The molecule has 178 valence electrons. The van der Waals surface area contributed by atoms with Crippen LogP contribution in [-0.4, -0.2) is 29.3 Å². The van der Waals surface area contributed by atoms with Crippen LogP contribution in [0.15, 0.2) is 78.9 Å². The minimum absolute atomic E-state index is 0.0438. The normalized spacial score (nSPS) is 11.6. The molecular weight excluding hydrogens is 420 g/mol. The molecule has 4 nitrogen and oxygen atoms in total. The van der Waals surface area contributed by atoms with E-state index in [0.29, 0.717) is 19.5 Å². The van der Waals surface area contributed by atoms with Crippen molar-refractivity contribution < 1.29 is 9.59 Å². The third-order valence-electron chi connectivity index (χ3n) is 6.01. The molecule has 0 saturated heterocycles. The van der Waals surface area contributed by atoms with E-state index in [0.717, 1.165) is 35.1 Å². The van der Waals surface area contributed by atoms with Crippen LogP contribution >= 0.6 is 0 Å². The predicted molar refractivity (Wildman–Crippen MR) is 138 cm³/mol. The van der Waals surface area contributed by atoms with Gasteiger partial charge < -0.3 is 10.2 Å². The maximum absolute atomic E-state index is 13.7. The van der Waals surface area contributed by atoms with Crippen LogP contribution in [0.2, 0.25) is 0 Å². The monoisotopic (exact) mass is 456 g/mol. The van der Waals surface area contributed by atoms with Gasteiger partial charge in [0.2, 0.25) is 11.8 Å².